The molecule has 1 saturated heterocycles. The van der Waals surface area contributed by atoms with Gasteiger partial charge in [0, 0.05) is 40.3 Å². The summed E-state index contributed by atoms with van der Waals surface area (Å²) in [5.74, 6) is 0. The van der Waals surface area contributed by atoms with E-state index >= 15 is 0 Å². The molecule has 112 valence electrons. The number of rotatable bonds is 2. The second-order valence-electron chi connectivity index (χ2n) is 5.66. The van der Waals surface area contributed by atoms with E-state index in [1.165, 1.54) is 27.6 Å². The van der Waals surface area contributed by atoms with Crippen molar-refractivity contribution in [3.63, 3.8) is 0 Å². The molecule has 0 aliphatic carbocycles. The van der Waals surface area contributed by atoms with Crippen molar-refractivity contribution in [1.82, 2.24) is 13.5 Å². The van der Waals surface area contributed by atoms with Crippen molar-refractivity contribution in [2.45, 2.75) is 26.4 Å². The number of nitrogens with zero attached hydrogens (tertiary/aromatic N) is 3. The molecule has 1 aliphatic rings. The van der Waals surface area contributed by atoms with Gasteiger partial charge in [-0.2, -0.15) is 17.0 Å². The van der Waals surface area contributed by atoms with Gasteiger partial charge in [0.2, 0.25) is 0 Å². The van der Waals surface area contributed by atoms with Crippen molar-refractivity contribution in [1.29, 1.82) is 0 Å². The molecular weight excluding hydrogens is 270 g/mol. The van der Waals surface area contributed by atoms with Gasteiger partial charge in [-0.15, -0.1) is 0 Å². The largest absolute Gasteiger partial charge is 0.444 e. The Morgan fingerprint density at radius 3 is 1.95 bits per heavy atom. The molecule has 0 aromatic rings. The zero-order valence-electron chi connectivity index (χ0n) is 12.2. The third-order valence-electron chi connectivity index (χ3n) is 2.68. The fraction of sp³-hybridized carbons (Fsp3) is 0.909. The third kappa shape index (κ3) is 4.32. The first kappa shape index (κ1) is 16.2. The summed E-state index contributed by atoms with van der Waals surface area (Å²) >= 11 is 0. The van der Waals surface area contributed by atoms with Gasteiger partial charge in [-0.1, -0.05) is 0 Å². The SMILES string of the molecule is CN(C)S(=O)(=O)N1CCN(C(=O)OC(C)(C)C)CC1. The van der Waals surface area contributed by atoms with E-state index in [4.69, 9.17) is 4.74 Å². The van der Waals surface area contributed by atoms with E-state index < -0.39 is 21.9 Å². The summed E-state index contributed by atoms with van der Waals surface area (Å²) in [5.41, 5.74) is -0.538. The van der Waals surface area contributed by atoms with Gasteiger partial charge >= 0.3 is 6.09 Å². The minimum Gasteiger partial charge on any atom is -0.444 e. The van der Waals surface area contributed by atoms with Crippen molar-refractivity contribution in [3.8, 4) is 0 Å². The highest BCUT2D eigenvalue weighted by atomic mass is 32.2. The maximum absolute atomic E-state index is 11.9. The lowest BCUT2D eigenvalue weighted by atomic mass is 10.2. The van der Waals surface area contributed by atoms with Crippen LogP contribution in [0.3, 0.4) is 0 Å². The Labute approximate surface area is 115 Å². The fourth-order valence-corrected chi connectivity index (χ4v) is 2.75. The molecular formula is C11H23N3O4S. The number of piperazine rings is 1. The maximum atomic E-state index is 11.9. The Morgan fingerprint density at radius 2 is 1.58 bits per heavy atom. The van der Waals surface area contributed by atoms with Crippen LogP contribution in [0.25, 0.3) is 0 Å². The topological polar surface area (TPSA) is 70.2 Å². The Balaban J connectivity index is 2.57. The molecule has 0 atom stereocenters. The van der Waals surface area contributed by atoms with Gasteiger partial charge in [0.1, 0.15) is 5.60 Å². The summed E-state index contributed by atoms with van der Waals surface area (Å²) in [7, 11) is -0.405. The molecule has 0 unspecified atom stereocenters. The Bertz CT molecular complexity index is 420. The molecule has 1 heterocycles. The first-order valence-corrected chi connectivity index (χ1v) is 7.59. The van der Waals surface area contributed by atoms with Gasteiger partial charge < -0.3 is 9.64 Å². The molecule has 0 aromatic carbocycles. The van der Waals surface area contributed by atoms with Crippen LogP contribution < -0.4 is 0 Å². The Hall–Kier alpha value is -0.860. The second-order valence-corrected chi connectivity index (χ2v) is 7.80. The van der Waals surface area contributed by atoms with Crippen molar-refractivity contribution in [3.05, 3.63) is 0 Å². The van der Waals surface area contributed by atoms with Gasteiger partial charge in [-0.05, 0) is 20.8 Å². The van der Waals surface area contributed by atoms with Crippen LogP contribution in [0.1, 0.15) is 20.8 Å². The number of hydrogen-bond acceptors (Lipinski definition) is 4. The maximum Gasteiger partial charge on any atom is 0.410 e. The van der Waals surface area contributed by atoms with Crippen LogP contribution >= 0.6 is 0 Å². The van der Waals surface area contributed by atoms with Crippen LogP contribution in [0.5, 0.6) is 0 Å². The molecule has 0 bridgehead atoms. The smallest absolute Gasteiger partial charge is 0.410 e. The molecule has 0 N–H and O–H groups in total. The molecule has 1 fully saturated rings. The van der Waals surface area contributed by atoms with Crippen LogP contribution in [0, 0.1) is 0 Å². The first-order valence-electron chi connectivity index (χ1n) is 6.19. The zero-order valence-corrected chi connectivity index (χ0v) is 13.0. The number of carbonyl (C=O) groups is 1. The van der Waals surface area contributed by atoms with E-state index in [9.17, 15) is 13.2 Å². The lowest BCUT2D eigenvalue weighted by molar-refractivity contribution is 0.0190. The highest BCUT2D eigenvalue weighted by Crippen LogP contribution is 2.14. The highest BCUT2D eigenvalue weighted by Gasteiger charge is 2.31. The van der Waals surface area contributed by atoms with E-state index in [-0.39, 0.29) is 0 Å². The summed E-state index contributed by atoms with van der Waals surface area (Å²) in [6.07, 6.45) is -0.394. The molecule has 0 aromatic heterocycles. The lowest BCUT2D eigenvalue weighted by Crippen LogP contribution is -2.53. The van der Waals surface area contributed by atoms with Crippen LogP contribution in [-0.2, 0) is 14.9 Å². The van der Waals surface area contributed by atoms with Crippen LogP contribution in [0.4, 0.5) is 4.79 Å². The molecule has 1 amide bonds. The zero-order chi connectivity index (χ0) is 14.8. The average molecular weight is 293 g/mol. The average Bonchev–Trinajstić information content (AvgIpc) is 2.26. The lowest BCUT2D eigenvalue weighted by Gasteiger charge is -2.35. The molecule has 0 radical (unpaired) electrons. The van der Waals surface area contributed by atoms with E-state index in [1.54, 1.807) is 20.8 Å². The molecule has 0 saturated carbocycles. The normalized spacial score (nSPS) is 18.7. The van der Waals surface area contributed by atoms with Gasteiger partial charge in [-0.25, -0.2) is 4.79 Å². The Kier molecular flexibility index (Phi) is 4.81. The standard InChI is InChI=1S/C11H23N3O4S/c1-11(2,3)18-10(15)13-6-8-14(9-7-13)19(16,17)12(4)5/h6-9H2,1-5H3. The Morgan fingerprint density at radius 1 is 1.11 bits per heavy atom. The van der Waals surface area contributed by atoms with Crippen molar-refractivity contribution < 1.29 is 17.9 Å². The van der Waals surface area contributed by atoms with Crippen molar-refractivity contribution in [2.75, 3.05) is 40.3 Å². The molecule has 1 rings (SSSR count). The van der Waals surface area contributed by atoms with E-state index in [0.717, 1.165) is 0 Å². The van der Waals surface area contributed by atoms with E-state index in [0.29, 0.717) is 26.2 Å². The quantitative estimate of drug-likeness (QED) is 0.736. The van der Waals surface area contributed by atoms with Gasteiger partial charge in [0.25, 0.3) is 10.2 Å². The second kappa shape index (κ2) is 5.64. The predicted octanol–water partition coefficient (Wildman–Crippen LogP) is 0.346. The van der Waals surface area contributed by atoms with Crippen LogP contribution in [0.15, 0.2) is 0 Å². The minimum atomic E-state index is -3.40. The molecule has 0 spiro atoms. The molecule has 19 heavy (non-hydrogen) atoms. The predicted molar refractivity (Wildman–Crippen MR) is 72.0 cm³/mol. The number of ether oxygens (including phenoxy) is 1. The summed E-state index contributed by atoms with van der Waals surface area (Å²) in [6, 6.07) is 0. The number of amides is 1. The van der Waals surface area contributed by atoms with E-state index in [1.807, 2.05) is 0 Å². The van der Waals surface area contributed by atoms with Crippen molar-refractivity contribution >= 4 is 16.3 Å². The van der Waals surface area contributed by atoms with Gasteiger partial charge in [-0.3, -0.25) is 0 Å². The summed E-state index contributed by atoms with van der Waals surface area (Å²) in [6.45, 7) is 6.69. The summed E-state index contributed by atoms with van der Waals surface area (Å²) in [4.78, 5) is 13.4. The monoisotopic (exact) mass is 293 g/mol. The number of carbonyl (C=O) groups excluding carboxylic acids is 1. The summed E-state index contributed by atoms with van der Waals surface area (Å²) < 4.78 is 31.6. The summed E-state index contributed by atoms with van der Waals surface area (Å²) in [5, 5.41) is 0. The van der Waals surface area contributed by atoms with Crippen LogP contribution in [-0.4, -0.2) is 73.9 Å². The van der Waals surface area contributed by atoms with Crippen LogP contribution in [0.2, 0.25) is 0 Å². The van der Waals surface area contributed by atoms with Gasteiger partial charge in [0.05, 0.1) is 0 Å². The first-order chi connectivity index (χ1) is 8.54. The highest BCUT2D eigenvalue weighted by molar-refractivity contribution is 7.86. The van der Waals surface area contributed by atoms with E-state index in [2.05, 4.69) is 0 Å². The third-order valence-corrected chi connectivity index (χ3v) is 4.62. The minimum absolute atomic E-state index is 0.291. The molecule has 8 heteroatoms. The van der Waals surface area contributed by atoms with Crippen molar-refractivity contribution in [2.24, 2.45) is 0 Å². The fourth-order valence-electron chi connectivity index (χ4n) is 1.66. The molecule has 1 aliphatic heterocycles. The number of hydrogen-bond donors (Lipinski definition) is 0. The van der Waals surface area contributed by atoms with Gasteiger partial charge in [0.15, 0.2) is 0 Å². The molecule has 7 nitrogen and oxygen atoms in total.